The molecule has 0 fully saturated rings. The molecule has 1 amide bonds. The molecule has 0 aliphatic heterocycles. The van der Waals surface area contributed by atoms with Gasteiger partial charge in [0.1, 0.15) is 5.52 Å². The van der Waals surface area contributed by atoms with Gasteiger partial charge < -0.3 is 9.42 Å². The molecule has 0 aliphatic carbocycles. The monoisotopic (exact) mass is 440 g/mol. The third kappa shape index (κ3) is 4.38. The molecule has 6 nitrogen and oxygen atoms in total. The van der Waals surface area contributed by atoms with Crippen LogP contribution in [-0.4, -0.2) is 48.1 Å². The van der Waals surface area contributed by atoms with E-state index in [4.69, 9.17) is 16.1 Å². The lowest BCUT2D eigenvalue weighted by Gasteiger charge is -2.19. The molecule has 0 bridgehead atoms. The summed E-state index contributed by atoms with van der Waals surface area (Å²) in [6.45, 7) is 1.37. The van der Waals surface area contributed by atoms with Gasteiger partial charge in [-0.05, 0) is 39.2 Å². The number of carbonyl (C=O) groups is 1. The third-order valence-corrected chi connectivity index (χ3v) is 5.96. The maximum Gasteiger partial charge on any atom is 0.282 e. The molecule has 30 heavy (non-hydrogen) atoms. The zero-order valence-corrected chi connectivity index (χ0v) is 18.3. The minimum absolute atomic E-state index is 0.241. The van der Waals surface area contributed by atoms with E-state index >= 15 is 0 Å². The minimum atomic E-state index is -0.241. The number of thiazole rings is 1. The molecule has 8 heteroatoms. The Labute approximate surface area is 183 Å². The minimum Gasteiger partial charge on any atom is -0.355 e. The second-order valence-electron chi connectivity index (χ2n) is 7.14. The predicted octanol–water partition coefficient (Wildman–Crippen LogP) is 5.20. The van der Waals surface area contributed by atoms with Crippen molar-refractivity contribution in [2.24, 2.45) is 0 Å². The number of amides is 1. The van der Waals surface area contributed by atoms with Gasteiger partial charge >= 0.3 is 0 Å². The Balaban J connectivity index is 1.65. The van der Waals surface area contributed by atoms with Gasteiger partial charge in [0.15, 0.2) is 16.6 Å². The number of para-hydroxylation sites is 1. The van der Waals surface area contributed by atoms with Crippen molar-refractivity contribution >= 4 is 44.2 Å². The van der Waals surface area contributed by atoms with Crippen molar-refractivity contribution in [1.29, 1.82) is 0 Å². The van der Waals surface area contributed by atoms with Crippen LogP contribution in [0.5, 0.6) is 0 Å². The fourth-order valence-electron chi connectivity index (χ4n) is 3.10. The van der Waals surface area contributed by atoms with E-state index in [-0.39, 0.29) is 11.6 Å². The maximum absolute atomic E-state index is 13.4. The van der Waals surface area contributed by atoms with Crippen molar-refractivity contribution in [3.05, 3.63) is 65.3 Å². The van der Waals surface area contributed by atoms with Crippen LogP contribution in [0.1, 0.15) is 16.9 Å². The number of halogens is 1. The van der Waals surface area contributed by atoms with Crippen LogP contribution in [0.15, 0.2) is 59.1 Å². The van der Waals surface area contributed by atoms with Crippen LogP contribution in [0.2, 0.25) is 5.02 Å². The molecule has 4 rings (SSSR count). The molecule has 0 radical (unpaired) electrons. The smallest absolute Gasteiger partial charge is 0.282 e. The van der Waals surface area contributed by atoms with Crippen molar-refractivity contribution < 1.29 is 9.32 Å². The number of hydrogen-bond acceptors (Lipinski definition) is 6. The molecular weight excluding hydrogens is 420 g/mol. The highest BCUT2D eigenvalue weighted by Gasteiger charge is 2.25. The third-order valence-electron chi connectivity index (χ3n) is 4.61. The first-order valence-electron chi connectivity index (χ1n) is 9.57. The molecule has 0 spiro atoms. The van der Waals surface area contributed by atoms with E-state index in [1.165, 1.54) is 11.3 Å². The molecule has 0 aliphatic rings. The molecule has 2 aromatic heterocycles. The molecule has 0 atom stereocenters. The molecule has 154 valence electrons. The molecule has 2 heterocycles. The fourth-order valence-corrected chi connectivity index (χ4v) is 4.39. The first kappa shape index (κ1) is 20.5. The summed E-state index contributed by atoms with van der Waals surface area (Å²) in [4.78, 5) is 21.7. The van der Waals surface area contributed by atoms with Crippen LogP contribution < -0.4 is 4.90 Å². The average molecular weight is 441 g/mol. The van der Waals surface area contributed by atoms with E-state index in [0.29, 0.717) is 28.0 Å². The summed E-state index contributed by atoms with van der Waals surface area (Å²) in [5.74, 6) is 0.314. The van der Waals surface area contributed by atoms with E-state index in [0.717, 1.165) is 23.2 Å². The van der Waals surface area contributed by atoms with Crippen molar-refractivity contribution in [2.45, 2.75) is 6.42 Å². The highest BCUT2D eigenvalue weighted by molar-refractivity contribution is 7.22. The first-order valence-corrected chi connectivity index (χ1v) is 10.8. The quantitative estimate of drug-likeness (QED) is 0.395. The van der Waals surface area contributed by atoms with Gasteiger partial charge in [0.2, 0.25) is 0 Å². The number of carbonyl (C=O) groups excluding carboxylic acids is 1. The summed E-state index contributed by atoms with van der Waals surface area (Å²) < 4.78 is 6.37. The van der Waals surface area contributed by atoms with Crippen molar-refractivity contribution in [3.8, 4) is 11.3 Å². The standard InChI is InChI=1S/C22H21ClN4O2S/c1-26(2)12-7-13-27(22-24-20-16(23)10-6-11-19(20)30-22)21(28)17-14-18(29-25-17)15-8-4-3-5-9-15/h3-6,8-11,14H,7,12-13H2,1-2H3. The van der Waals surface area contributed by atoms with E-state index in [2.05, 4.69) is 15.0 Å². The van der Waals surface area contributed by atoms with Gasteiger partial charge in [-0.1, -0.05) is 64.5 Å². The first-order chi connectivity index (χ1) is 14.5. The van der Waals surface area contributed by atoms with Crippen LogP contribution in [-0.2, 0) is 0 Å². The summed E-state index contributed by atoms with van der Waals surface area (Å²) in [6.07, 6.45) is 0.797. The van der Waals surface area contributed by atoms with Crippen molar-refractivity contribution in [2.75, 3.05) is 32.1 Å². The van der Waals surface area contributed by atoms with Crippen LogP contribution in [0.4, 0.5) is 5.13 Å². The summed E-state index contributed by atoms with van der Waals surface area (Å²) in [5, 5.41) is 5.20. The highest BCUT2D eigenvalue weighted by atomic mass is 35.5. The number of fused-ring (bicyclic) bond motifs is 1. The molecular formula is C22H21ClN4O2S. The number of nitrogens with zero attached hydrogens (tertiary/aromatic N) is 4. The van der Waals surface area contributed by atoms with Crippen LogP contribution >= 0.6 is 22.9 Å². The lowest BCUT2D eigenvalue weighted by Crippen LogP contribution is -2.33. The predicted molar refractivity (Wildman–Crippen MR) is 121 cm³/mol. The van der Waals surface area contributed by atoms with E-state index in [1.807, 2.05) is 56.6 Å². The van der Waals surface area contributed by atoms with E-state index in [1.54, 1.807) is 17.0 Å². The van der Waals surface area contributed by atoms with Gasteiger partial charge in [0.25, 0.3) is 5.91 Å². The summed E-state index contributed by atoms with van der Waals surface area (Å²) in [6, 6.07) is 16.9. The van der Waals surface area contributed by atoms with Gasteiger partial charge in [-0.2, -0.15) is 0 Å². The summed E-state index contributed by atoms with van der Waals surface area (Å²) >= 11 is 7.74. The van der Waals surface area contributed by atoms with Crippen LogP contribution in [0.3, 0.4) is 0 Å². The fraction of sp³-hybridized carbons (Fsp3) is 0.227. The van der Waals surface area contributed by atoms with Crippen LogP contribution in [0, 0.1) is 0 Å². The van der Waals surface area contributed by atoms with Crippen LogP contribution in [0.25, 0.3) is 21.5 Å². The van der Waals surface area contributed by atoms with E-state index < -0.39 is 0 Å². The Morgan fingerprint density at radius 1 is 1.10 bits per heavy atom. The lowest BCUT2D eigenvalue weighted by atomic mass is 10.1. The largest absolute Gasteiger partial charge is 0.355 e. The van der Waals surface area contributed by atoms with Gasteiger partial charge in [0, 0.05) is 18.2 Å². The average Bonchev–Trinajstić information content (AvgIpc) is 3.39. The molecule has 0 unspecified atom stereocenters. The normalized spacial score (nSPS) is 11.3. The molecule has 2 aromatic carbocycles. The number of hydrogen-bond donors (Lipinski definition) is 0. The number of rotatable bonds is 7. The maximum atomic E-state index is 13.4. The lowest BCUT2D eigenvalue weighted by molar-refractivity contribution is 0.0977. The number of aromatic nitrogens is 2. The van der Waals surface area contributed by atoms with Crippen molar-refractivity contribution in [1.82, 2.24) is 15.0 Å². The van der Waals surface area contributed by atoms with Gasteiger partial charge in [-0.3, -0.25) is 9.69 Å². The zero-order valence-electron chi connectivity index (χ0n) is 16.7. The number of anilines is 1. The van der Waals surface area contributed by atoms with Crippen molar-refractivity contribution in [3.63, 3.8) is 0 Å². The Morgan fingerprint density at radius 2 is 1.90 bits per heavy atom. The Morgan fingerprint density at radius 3 is 2.63 bits per heavy atom. The molecule has 0 saturated carbocycles. The van der Waals surface area contributed by atoms with Gasteiger partial charge in [0.05, 0.1) is 9.72 Å². The number of benzene rings is 2. The SMILES string of the molecule is CN(C)CCCN(C(=O)c1cc(-c2ccccc2)on1)c1nc2c(Cl)cccc2s1. The molecule has 4 aromatic rings. The second-order valence-corrected chi connectivity index (χ2v) is 8.56. The second kappa shape index (κ2) is 8.95. The summed E-state index contributed by atoms with van der Waals surface area (Å²) in [7, 11) is 4.01. The topological polar surface area (TPSA) is 62.5 Å². The Hall–Kier alpha value is -2.74. The van der Waals surface area contributed by atoms with E-state index in [9.17, 15) is 4.79 Å². The van der Waals surface area contributed by atoms with Gasteiger partial charge in [-0.25, -0.2) is 4.98 Å². The zero-order chi connectivity index (χ0) is 21.1. The Kier molecular flexibility index (Phi) is 6.13. The molecule has 0 saturated heterocycles. The summed E-state index contributed by atoms with van der Waals surface area (Å²) in [5.41, 5.74) is 1.83. The van der Waals surface area contributed by atoms with Gasteiger partial charge in [-0.15, -0.1) is 0 Å². The Bertz CT molecular complexity index is 1160. The highest BCUT2D eigenvalue weighted by Crippen LogP contribution is 2.33. The molecule has 0 N–H and O–H groups in total.